The van der Waals surface area contributed by atoms with Crippen LogP contribution in [0.3, 0.4) is 0 Å². The third-order valence-corrected chi connectivity index (χ3v) is 15.3. The van der Waals surface area contributed by atoms with Gasteiger partial charge in [-0.3, -0.25) is 9.97 Å². The molecule has 6 aromatic rings. The quantitative estimate of drug-likeness (QED) is 0.0474. The van der Waals surface area contributed by atoms with Gasteiger partial charge in [0, 0.05) is 31.9 Å². The number of nitrogens with zero attached hydrogens (tertiary/aromatic N) is 2. The van der Waals surface area contributed by atoms with Gasteiger partial charge in [0.05, 0.1) is 53.8 Å². The van der Waals surface area contributed by atoms with Gasteiger partial charge in [0.2, 0.25) is 0 Å². The molecule has 0 saturated heterocycles. The van der Waals surface area contributed by atoms with E-state index in [0.29, 0.717) is 0 Å². The zero-order chi connectivity index (χ0) is 41.8. The summed E-state index contributed by atoms with van der Waals surface area (Å²) in [6, 6.07) is 57.1. The average Bonchev–Trinajstić information content (AvgIpc) is 3.20. The molecule has 0 unspecified atom stereocenters. The van der Waals surface area contributed by atoms with Crippen molar-refractivity contribution in [1.29, 1.82) is 0 Å². The predicted molar refractivity (Wildman–Crippen MR) is 242 cm³/mol. The van der Waals surface area contributed by atoms with Crippen LogP contribution in [0, 0.1) is 0 Å². The van der Waals surface area contributed by atoms with Gasteiger partial charge in [-0.05, 0) is 98.5 Å². The molecule has 1 radical (unpaired) electrons. The Morgan fingerprint density at radius 3 is 0.847 bits per heavy atom. The smallest absolute Gasteiger partial charge is 0.161 e. The monoisotopic (exact) mass is 994 g/mol. The zero-order valence-electron chi connectivity index (χ0n) is 31.9. The molecule has 0 aliphatic heterocycles. The summed E-state index contributed by atoms with van der Waals surface area (Å²) in [6.07, 6.45) is 17.9. The molecule has 14 heteroatoms. The Kier molecular flexibility index (Phi) is 20.6. The van der Waals surface area contributed by atoms with Crippen LogP contribution in [0.25, 0.3) is 0 Å². The average molecular weight is 996 g/mol. The van der Waals surface area contributed by atoms with Gasteiger partial charge >= 0.3 is 33.0 Å². The number of alkyl halides is 2. The molecule has 315 valence electrons. The molecule has 0 spiro atoms. The first-order chi connectivity index (χ1) is 27.8. The van der Waals surface area contributed by atoms with Crippen molar-refractivity contribution < 1.29 is 44.7 Å². The minimum atomic E-state index is -10.7. The molecule has 7 rings (SSSR count). The molecule has 0 saturated carbocycles. The van der Waals surface area contributed by atoms with Gasteiger partial charge < -0.3 is 0 Å². The van der Waals surface area contributed by atoms with Crippen molar-refractivity contribution in [2.24, 2.45) is 0 Å². The molecular weight excluding hydrogens is 949 g/mol. The Balaban J connectivity index is 0.000000408. The fourth-order valence-corrected chi connectivity index (χ4v) is 13.7. The van der Waals surface area contributed by atoms with Gasteiger partial charge in [0.1, 0.15) is 0 Å². The topological polar surface area (TPSA) is 25.8 Å². The summed E-state index contributed by atoms with van der Waals surface area (Å²) in [4.78, 5) is 10.2. The second kappa shape index (κ2) is 24.2. The summed E-state index contributed by atoms with van der Waals surface area (Å²) >= 11 is 9.53. The molecule has 1 aliphatic carbocycles. The van der Waals surface area contributed by atoms with Crippen LogP contribution in [0.2, 0.25) is 0 Å². The zero-order valence-corrected chi connectivity index (χ0v) is 37.9. The Bertz CT molecular complexity index is 1850. The van der Waals surface area contributed by atoms with E-state index in [0.717, 1.165) is 11.4 Å². The fourth-order valence-electron chi connectivity index (χ4n) is 6.47. The first-order valence-electron chi connectivity index (χ1n) is 18.5. The first kappa shape index (κ1) is 50.1. The number of halogens is 8. The molecule has 1 aliphatic rings. The first-order valence-corrected chi connectivity index (χ1v) is 24.8. The van der Waals surface area contributed by atoms with E-state index < -0.39 is 23.7 Å². The van der Waals surface area contributed by atoms with Gasteiger partial charge in [0.15, 0.2) is 11.3 Å². The minimum Gasteiger partial charge on any atom is -0.257 e. The summed E-state index contributed by atoms with van der Waals surface area (Å²) in [7, 11) is -13.4. The van der Waals surface area contributed by atoms with Crippen LogP contribution in [0.4, 0.5) is 25.2 Å². The van der Waals surface area contributed by atoms with Crippen molar-refractivity contribution in [3.05, 3.63) is 206 Å². The number of pyridine rings is 2. The Hall–Kier alpha value is -3.27. The maximum absolute atomic E-state index is 10.7. The third-order valence-electron chi connectivity index (χ3n) is 8.64. The number of hydrogen-bond acceptors (Lipinski definition) is 2. The van der Waals surface area contributed by atoms with Crippen LogP contribution < -0.4 is 21.2 Å². The van der Waals surface area contributed by atoms with E-state index in [4.69, 9.17) is 33.2 Å². The number of rotatable bonds is 9. The van der Waals surface area contributed by atoms with Crippen molar-refractivity contribution in [2.45, 2.75) is 37.0 Å². The summed E-state index contributed by atoms with van der Waals surface area (Å²) in [5.41, 5.74) is 2.55. The molecule has 2 atom stereocenters. The van der Waals surface area contributed by atoms with Crippen LogP contribution in [0.1, 0.15) is 48.4 Å². The maximum atomic E-state index is 9.87. The van der Waals surface area contributed by atoms with E-state index in [9.17, 15) is 25.2 Å². The molecule has 4 aromatic carbocycles. The van der Waals surface area contributed by atoms with E-state index in [1.165, 1.54) is 46.9 Å². The van der Waals surface area contributed by atoms with Gasteiger partial charge in [-0.1, -0.05) is 109 Å². The SMILES string of the molecule is C1=C\CC/C=C\CC/1.ClCCl.F[P-](F)(F)(F)(F)F.[Rh].c1ccc([PH+](c2ccccc2)[C@H](c2ccccn2)[C@H](c2ccccn2)[PH+](c2ccccc2)c2ccccc2)cc1. The van der Waals surface area contributed by atoms with Crippen molar-refractivity contribution in [3.63, 3.8) is 0 Å². The van der Waals surface area contributed by atoms with Crippen molar-refractivity contribution in [1.82, 2.24) is 9.97 Å². The maximum Gasteiger partial charge on any atom is 0.161 e. The minimum absolute atomic E-state index is 0. The molecule has 2 heterocycles. The van der Waals surface area contributed by atoms with E-state index in [2.05, 4.69) is 170 Å². The molecule has 59 heavy (non-hydrogen) atoms. The van der Waals surface area contributed by atoms with Gasteiger partial charge in [-0.15, -0.1) is 23.2 Å². The summed E-state index contributed by atoms with van der Waals surface area (Å²) in [6.45, 7) is 0. The number of hydrogen-bond donors (Lipinski definition) is 0. The van der Waals surface area contributed by atoms with Gasteiger partial charge in [0.25, 0.3) is 0 Å². The second-order valence-corrected chi connectivity index (χ2v) is 20.8. The predicted octanol–water partition coefficient (Wildman–Crippen LogP) is 14.5. The Labute approximate surface area is 368 Å². The van der Waals surface area contributed by atoms with E-state index >= 15 is 0 Å². The molecular formula is C45H46Cl2F6N2P3Rh+. The largest absolute Gasteiger partial charge is 0.257 e. The van der Waals surface area contributed by atoms with Crippen molar-refractivity contribution in [3.8, 4) is 0 Å². The third kappa shape index (κ3) is 19.3. The number of benzene rings is 4. The van der Waals surface area contributed by atoms with Crippen LogP contribution in [-0.2, 0) is 19.5 Å². The number of allylic oxidation sites excluding steroid dienone is 4. The van der Waals surface area contributed by atoms with Crippen LogP contribution >= 0.6 is 46.9 Å². The number of aromatic nitrogens is 2. The molecule has 0 N–H and O–H groups in total. The molecule has 0 fully saturated rings. The molecule has 0 amide bonds. The van der Waals surface area contributed by atoms with E-state index in [-0.39, 0.29) is 36.1 Å². The molecule has 2 nitrogen and oxygen atoms in total. The van der Waals surface area contributed by atoms with E-state index in [1.54, 1.807) is 0 Å². The summed E-state index contributed by atoms with van der Waals surface area (Å²) < 4.78 is 59.2. The van der Waals surface area contributed by atoms with Crippen molar-refractivity contribution in [2.75, 3.05) is 5.34 Å². The normalized spacial score (nSPS) is 15.5. The molecule has 0 bridgehead atoms. The second-order valence-electron chi connectivity index (χ2n) is 12.9. The van der Waals surface area contributed by atoms with E-state index in [1.807, 2.05) is 24.5 Å². The standard InChI is InChI=1S/C36H30N2P2.C8H12.CH2Cl2.F6P.Rh/c1-5-17-29(18-6-1)39(30-19-7-2-8-20-30)35(33-25-13-15-27-37-33)36(34-26-14-16-28-38-34)40(31-21-9-3-10-22-31)32-23-11-4-12-24-32;1-2-4-6-8-7-5-3-1;2-1-3;1-7(2,3,4,5)6;/h1-28,35-36H;1-2,7-8H,3-6H2;1H2;;/q;;;-1;/p+2/b;2-1-,8-7-;;;/t35-,36+;;;;. The van der Waals surface area contributed by atoms with Gasteiger partial charge in [-0.2, -0.15) is 0 Å². The van der Waals surface area contributed by atoms with Gasteiger partial charge in [-0.25, -0.2) is 0 Å². The van der Waals surface area contributed by atoms with Crippen LogP contribution in [0.5, 0.6) is 0 Å². The summed E-state index contributed by atoms with van der Waals surface area (Å²) in [5, 5.41) is 5.74. The molecule has 2 aromatic heterocycles. The Morgan fingerprint density at radius 1 is 0.424 bits per heavy atom. The van der Waals surface area contributed by atoms with Crippen molar-refractivity contribution >= 4 is 68.1 Å². The van der Waals surface area contributed by atoms with Crippen LogP contribution in [-0.4, -0.2) is 15.3 Å². The Morgan fingerprint density at radius 2 is 0.644 bits per heavy atom. The van der Waals surface area contributed by atoms with Crippen LogP contribution in [0.15, 0.2) is 194 Å². The summed E-state index contributed by atoms with van der Waals surface area (Å²) in [5.74, 6) is 0. The fraction of sp³-hybridized carbons (Fsp3) is 0.156.